The van der Waals surface area contributed by atoms with Crippen LogP contribution in [0, 0.1) is 0 Å². The molecule has 0 radical (unpaired) electrons. The molecule has 19 heavy (non-hydrogen) atoms. The van der Waals surface area contributed by atoms with Gasteiger partial charge >= 0.3 is 0 Å². The molecule has 1 aliphatic rings. The number of hydrogen-bond donors (Lipinski definition) is 1. The number of carbonyl (C=O) groups excluding carboxylic acids is 1. The smallest absolute Gasteiger partial charge is 0.255 e. The average molecular weight is 328 g/mol. The molecule has 1 amide bonds. The number of pyridine rings is 1. The summed E-state index contributed by atoms with van der Waals surface area (Å²) in [7, 11) is 0. The van der Waals surface area contributed by atoms with Crippen molar-refractivity contribution < 1.29 is 9.90 Å². The fourth-order valence-electron chi connectivity index (χ4n) is 2.22. The van der Waals surface area contributed by atoms with Crippen LogP contribution in [-0.2, 0) is 0 Å². The van der Waals surface area contributed by atoms with Gasteiger partial charge in [-0.05, 0) is 28.9 Å². The lowest BCUT2D eigenvalue weighted by Crippen LogP contribution is -2.50. The first-order valence-electron chi connectivity index (χ1n) is 6.36. The molecule has 6 heteroatoms. The van der Waals surface area contributed by atoms with Gasteiger partial charge in [-0.2, -0.15) is 0 Å². The molecule has 0 saturated carbocycles. The Labute approximate surface area is 121 Å². The van der Waals surface area contributed by atoms with Gasteiger partial charge in [-0.1, -0.05) is 0 Å². The Kier molecular flexibility index (Phi) is 4.90. The summed E-state index contributed by atoms with van der Waals surface area (Å²) in [6.45, 7) is 5.44. The number of carbonyl (C=O) groups is 1. The Morgan fingerprint density at radius 1 is 1.42 bits per heavy atom. The minimum atomic E-state index is -0.323. The van der Waals surface area contributed by atoms with E-state index in [9.17, 15) is 9.90 Å². The van der Waals surface area contributed by atoms with Crippen molar-refractivity contribution in [3.8, 4) is 0 Å². The summed E-state index contributed by atoms with van der Waals surface area (Å²) >= 11 is 3.32. The van der Waals surface area contributed by atoms with Crippen LogP contribution in [0.5, 0.6) is 0 Å². The number of hydrogen-bond acceptors (Lipinski definition) is 4. The molecule has 2 rings (SSSR count). The first kappa shape index (κ1) is 14.4. The number of aliphatic hydroxyl groups excluding tert-OH is 1. The monoisotopic (exact) mass is 327 g/mol. The molecular formula is C13H18BrN3O2. The summed E-state index contributed by atoms with van der Waals surface area (Å²) in [5.41, 5.74) is 0.610. The van der Waals surface area contributed by atoms with E-state index in [0.717, 1.165) is 17.6 Å². The van der Waals surface area contributed by atoms with E-state index >= 15 is 0 Å². The van der Waals surface area contributed by atoms with Crippen LogP contribution in [0.1, 0.15) is 17.3 Å². The second-order valence-electron chi connectivity index (χ2n) is 4.83. The van der Waals surface area contributed by atoms with Gasteiger partial charge < -0.3 is 10.0 Å². The Morgan fingerprint density at radius 3 is 2.68 bits per heavy atom. The van der Waals surface area contributed by atoms with Crippen molar-refractivity contribution in [2.24, 2.45) is 0 Å². The quantitative estimate of drug-likeness (QED) is 0.899. The third kappa shape index (κ3) is 3.99. The highest BCUT2D eigenvalue weighted by Gasteiger charge is 2.22. The number of aliphatic hydroxyl groups is 1. The van der Waals surface area contributed by atoms with Crippen LogP contribution in [0.25, 0.3) is 0 Å². The molecule has 0 spiro atoms. The van der Waals surface area contributed by atoms with Gasteiger partial charge in [0.1, 0.15) is 0 Å². The largest absolute Gasteiger partial charge is 0.392 e. The second-order valence-corrected chi connectivity index (χ2v) is 5.75. The third-order valence-corrected chi connectivity index (χ3v) is 3.57. The molecule has 1 aromatic rings. The Morgan fingerprint density at radius 2 is 2.11 bits per heavy atom. The van der Waals surface area contributed by atoms with Crippen molar-refractivity contribution in [1.29, 1.82) is 0 Å². The lowest BCUT2D eigenvalue weighted by Gasteiger charge is -2.35. The van der Waals surface area contributed by atoms with Gasteiger partial charge in [-0.3, -0.25) is 14.7 Å². The van der Waals surface area contributed by atoms with Gasteiger partial charge in [0.2, 0.25) is 0 Å². The molecule has 1 atom stereocenters. The van der Waals surface area contributed by atoms with Crippen LogP contribution in [0.4, 0.5) is 0 Å². The number of β-amino-alcohol motifs (C(OH)–C–C–N with tert-alkyl or cyclic N) is 1. The van der Waals surface area contributed by atoms with E-state index in [0.29, 0.717) is 25.2 Å². The minimum Gasteiger partial charge on any atom is -0.392 e. The molecule has 1 fully saturated rings. The summed E-state index contributed by atoms with van der Waals surface area (Å²) in [4.78, 5) is 20.3. The van der Waals surface area contributed by atoms with E-state index < -0.39 is 0 Å². The summed E-state index contributed by atoms with van der Waals surface area (Å²) in [5, 5.41) is 9.35. The van der Waals surface area contributed by atoms with Crippen LogP contribution < -0.4 is 0 Å². The lowest BCUT2D eigenvalue weighted by atomic mass is 10.2. The van der Waals surface area contributed by atoms with Crippen LogP contribution in [0.2, 0.25) is 0 Å². The summed E-state index contributed by atoms with van der Waals surface area (Å²) in [6.07, 6.45) is 2.93. The summed E-state index contributed by atoms with van der Waals surface area (Å²) in [5.74, 6) is 0.0190. The Hall–Kier alpha value is -0.980. The standard InChI is InChI=1S/C13H18BrN3O2/c1-10(18)9-16-2-4-17(5-3-16)13(19)11-6-12(14)8-15-7-11/h6-8,10,18H,2-5,9H2,1H3/t10-/m0/s1. The van der Waals surface area contributed by atoms with Gasteiger partial charge in [0.05, 0.1) is 11.7 Å². The number of aromatic nitrogens is 1. The maximum absolute atomic E-state index is 12.3. The van der Waals surface area contributed by atoms with Gasteiger partial charge in [-0.25, -0.2) is 0 Å². The van der Waals surface area contributed by atoms with E-state index in [2.05, 4.69) is 25.8 Å². The Bertz CT molecular complexity index is 445. The number of piperazine rings is 1. The number of rotatable bonds is 3. The van der Waals surface area contributed by atoms with Gasteiger partial charge in [0.25, 0.3) is 5.91 Å². The molecule has 5 nitrogen and oxygen atoms in total. The van der Waals surface area contributed by atoms with Gasteiger partial charge in [0.15, 0.2) is 0 Å². The SMILES string of the molecule is C[C@H](O)CN1CCN(C(=O)c2cncc(Br)c2)CC1. The molecule has 2 heterocycles. The molecule has 0 aliphatic carbocycles. The maximum Gasteiger partial charge on any atom is 0.255 e. The lowest BCUT2D eigenvalue weighted by molar-refractivity contribution is 0.0553. The molecule has 1 aromatic heterocycles. The molecule has 104 valence electrons. The summed E-state index contributed by atoms with van der Waals surface area (Å²) in [6, 6.07) is 1.79. The maximum atomic E-state index is 12.3. The normalized spacial score (nSPS) is 18.4. The highest BCUT2D eigenvalue weighted by Crippen LogP contribution is 2.13. The van der Waals surface area contributed by atoms with Crippen molar-refractivity contribution in [2.45, 2.75) is 13.0 Å². The van der Waals surface area contributed by atoms with E-state index in [1.165, 1.54) is 0 Å². The molecule has 0 aromatic carbocycles. The fourth-order valence-corrected chi connectivity index (χ4v) is 2.58. The fraction of sp³-hybridized carbons (Fsp3) is 0.538. The zero-order valence-electron chi connectivity index (χ0n) is 10.9. The predicted octanol–water partition coefficient (Wildman–Crippen LogP) is 0.983. The predicted molar refractivity (Wildman–Crippen MR) is 76.0 cm³/mol. The van der Waals surface area contributed by atoms with E-state index in [1.54, 1.807) is 25.4 Å². The van der Waals surface area contributed by atoms with Crippen LogP contribution in [-0.4, -0.2) is 64.6 Å². The van der Waals surface area contributed by atoms with E-state index in [-0.39, 0.29) is 12.0 Å². The van der Waals surface area contributed by atoms with Crippen molar-refractivity contribution in [3.63, 3.8) is 0 Å². The zero-order valence-corrected chi connectivity index (χ0v) is 12.5. The highest BCUT2D eigenvalue weighted by molar-refractivity contribution is 9.10. The van der Waals surface area contributed by atoms with E-state index in [4.69, 9.17) is 0 Å². The molecule has 0 bridgehead atoms. The van der Waals surface area contributed by atoms with E-state index in [1.807, 2.05) is 4.90 Å². The highest BCUT2D eigenvalue weighted by atomic mass is 79.9. The first-order chi connectivity index (χ1) is 9.06. The minimum absolute atomic E-state index is 0.0190. The molecule has 1 saturated heterocycles. The van der Waals surface area contributed by atoms with Crippen LogP contribution >= 0.6 is 15.9 Å². The van der Waals surface area contributed by atoms with Gasteiger partial charge in [0, 0.05) is 49.6 Å². The zero-order chi connectivity index (χ0) is 13.8. The molecule has 0 unspecified atom stereocenters. The van der Waals surface area contributed by atoms with Crippen LogP contribution in [0.3, 0.4) is 0 Å². The van der Waals surface area contributed by atoms with Crippen molar-refractivity contribution >= 4 is 21.8 Å². The van der Waals surface area contributed by atoms with Crippen molar-refractivity contribution in [2.75, 3.05) is 32.7 Å². The number of halogens is 1. The van der Waals surface area contributed by atoms with Gasteiger partial charge in [-0.15, -0.1) is 0 Å². The van der Waals surface area contributed by atoms with Crippen molar-refractivity contribution in [1.82, 2.24) is 14.8 Å². The number of nitrogens with zero attached hydrogens (tertiary/aromatic N) is 3. The summed E-state index contributed by atoms with van der Waals surface area (Å²) < 4.78 is 0.811. The Balaban J connectivity index is 1.92. The number of amides is 1. The third-order valence-electron chi connectivity index (χ3n) is 3.13. The first-order valence-corrected chi connectivity index (χ1v) is 7.16. The topological polar surface area (TPSA) is 56.7 Å². The molecular weight excluding hydrogens is 310 g/mol. The molecule has 1 N–H and O–H groups in total. The molecule has 1 aliphatic heterocycles. The van der Waals surface area contributed by atoms with Crippen LogP contribution in [0.15, 0.2) is 22.9 Å². The average Bonchev–Trinajstić information content (AvgIpc) is 2.38. The van der Waals surface area contributed by atoms with Crippen molar-refractivity contribution in [3.05, 3.63) is 28.5 Å². The second kappa shape index (κ2) is 6.45.